The van der Waals surface area contributed by atoms with Gasteiger partial charge in [-0.15, -0.1) is 0 Å². The second kappa shape index (κ2) is 5.34. The van der Waals surface area contributed by atoms with E-state index in [0.29, 0.717) is 11.1 Å². The lowest BCUT2D eigenvalue weighted by molar-refractivity contribution is 0.0637. The van der Waals surface area contributed by atoms with E-state index >= 15 is 0 Å². The summed E-state index contributed by atoms with van der Waals surface area (Å²) in [5.74, 6) is -0.700. The van der Waals surface area contributed by atoms with Crippen LogP contribution in [0.1, 0.15) is 34.1 Å². The Kier molecular flexibility index (Phi) is 3.92. The highest BCUT2D eigenvalue weighted by Crippen LogP contribution is 2.22. The molecule has 1 aromatic carbocycles. The smallest absolute Gasteiger partial charge is 0.264 e. The van der Waals surface area contributed by atoms with Gasteiger partial charge < -0.3 is 0 Å². The highest BCUT2D eigenvalue weighted by atomic mass is 32.2. The number of benzene rings is 1. The SMILES string of the molecule is CC(CCN1C(=O)c2ccccc2C1=O)OS(C)(=O)=O. The average Bonchev–Trinajstić information content (AvgIpc) is 2.59. The molecule has 0 bridgehead atoms. The quantitative estimate of drug-likeness (QED) is 0.599. The molecule has 1 heterocycles. The van der Waals surface area contributed by atoms with Crippen molar-refractivity contribution < 1.29 is 22.2 Å². The molecule has 0 radical (unpaired) electrons. The van der Waals surface area contributed by atoms with Crippen LogP contribution in [0.3, 0.4) is 0 Å². The zero-order chi connectivity index (χ0) is 14.9. The maximum atomic E-state index is 12.1. The summed E-state index contributed by atoms with van der Waals surface area (Å²) in [5.41, 5.74) is 0.767. The van der Waals surface area contributed by atoms with E-state index in [0.717, 1.165) is 11.2 Å². The second-order valence-corrected chi connectivity index (χ2v) is 6.31. The monoisotopic (exact) mass is 297 g/mol. The van der Waals surface area contributed by atoms with Crippen molar-refractivity contribution >= 4 is 21.9 Å². The van der Waals surface area contributed by atoms with Gasteiger partial charge in [0.05, 0.1) is 23.5 Å². The lowest BCUT2D eigenvalue weighted by atomic mass is 10.1. The molecule has 1 unspecified atom stereocenters. The summed E-state index contributed by atoms with van der Waals surface area (Å²) < 4.78 is 26.7. The topological polar surface area (TPSA) is 80.8 Å². The molecule has 0 N–H and O–H groups in total. The van der Waals surface area contributed by atoms with Crippen LogP contribution < -0.4 is 0 Å². The van der Waals surface area contributed by atoms with Crippen molar-refractivity contribution in [1.29, 1.82) is 0 Å². The normalized spacial score (nSPS) is 16.4. The van der Waals surface area contributed by atoms with E-state index in [1.54, 1.807) is 31.2 Å². The van der Waals surface area contributed by atoms with Gasteiger partial charge in [-0.1, -0.05) is 12.1 Å². The molecule has 1 aliphatic rings. The highest BCUT2D eigenvalue weighted by molar-refractivity contribution is 7.86. The summed E-state index contributed by atoms with van der Waals surface area (Å²) in [6.07, 6.45) is 0.638. The van der Waals surface area contributed by atoms with E-state index in [-0.39, 0.29) is 24.8 Å². The number of imide groups is 1. The molecule has 20 heavy (non-hydrogen) atoms. The summed E-state index contributed by atoms with van der Waals surface area (Å²) >= 11 is 0. The summed E-state index contributed by atoms with van der Waals surface area (Å²) in [6, 6.07) is 6.60. The second-order valence-electron chi connectivity index (χ2n) is 4.71. The third-order valence-corrected chi connectivity index (χ3v) is 3.65. The Bertz CT molecular complexity index is 617. The molecule has 0 aromatic heterocycles. The van der Waals surface area contributed by atoms with Gasteiger partial charge in [-0.3, -0.25) is 18.7 Å². The fraction of sp³-hybridized carbons (Fsp3) is 0.385. The van der Waals surface area contributed by atoms with Crippen LogP contribution in [0.25, 0.3) is 0 Å². The summed E-state index contributed by atoms with van der Waals surface area (Å²) in [4.78, 5) is 25.2. The minimum atomic E-state index is -3.54. The summed E-state index contributed by atoms with van der Waals surface area (Å²) in [5, 5.41) is 0. The fourth-order valence-corrected chi connectivity index (χ4v) is 2.79. The molecular formula is C13H15NO5S. The van der Waals surface area contributed by atoms with E-state index < -0.39 is 16.2 Å². The van der Waals surface area contributed by atoms with E-state index in [2.05, 4.69) is 0 Å². The lowest BCUT2D eigenvalue weighted by Crippen LogP contribution is -2.33. The Morgan fingerprint density at radius 1 is 1.15 bits per heavy atom. The van der Waals surface area contributed by atoms with E-state index in [9.17, 15) is 18.0 Å². The predicted octanol–water partition coefficient (Wildman–Crippen LogP) is 1.04. The van der Waals surface area contributed by atoms with E-state index in [1.165, 1.54) is 0 Å². The van der Waals surface area contributed by atoms with Gasteiger partial charge in [0.2, 0.25) is 0 Å². The Labute approximate surface area is 117 Å². The molecule has 0 fully saturated rings. The minimum absolute atomic E-state index is 0.128. The third-order valence-electron chi connectivity index (χ3n) is 2.98. The maximum Gasteiger partial charge on any atom is 0.264 e. The Morgan fingerprint density at radius 2 is 1.65 bits per heavy atom. The van der Waals surface area contributed by atoms with Gasteiger partial charge in [0.15, 0.2) is 0 Å². The Morgan fingerprint density at radius 3 is 2.10 bits per heavy atom. The fourth-order valence-electron chi connectivity index (χ4n) is 2.10. The van der Waals surface area contributed by atoms with Crippen molar-refractivity contribution in [2.24, 2.45) is 0 Å². The van der Waals surface area contributed by atoms with Gasteiger partial charge in [-0.2, -0.15) is 8.42 Å². The van der Waals surface area contributed by atoms with Crippen molar-refractivity contribution in [1.82, 2.24) is 4.90 Å². The zero-order valence-electron chi connectivity index (χ0n) is 11.2. The van der Waals surface area contributed by atoms with Crippen molar-refractivity contribution in [2.45, 2.75) is 19.4 Å². The number of hydrogen-bond acceptors (Lipinski definition) is 5. The van der Waals surface area contributed by atoms with Crippen molar-refractivity contribution in [2.75, 3.05) is 12.8 Å². The standard InChI is InChI=1S/C13H15NO5S/c1-9(19-20(2,17)18)7-8-14-12(15)10-5-3-4-6-11(10)13(14)16/h3-6,9H,7-8H2,1-2H3. The van der Waals surface area contributed by atoms with Crippen LogP contribution >= 0.6 is 0 Å². The molecular weight excluding hydrogens is 282 g/mol. The average molecular weight is 297 g/mol. The molecule has 0 spiro atoms. The largest absolute Gasteiger partial charge is 0.274 e. The Hall–Kier alpha value is -1.73. The van der Waals surface area contributed by atoms with Gasteiger partial charge >= 0.3 is 0 Å². The van der Waals surface area contributed by atoms with Crippen molar-refractivity contribution in [3.63, 3.8) is 0 Å². The van der Waals surface area contributed by atoms with Gasteiger partial charge in [-0.25, -0.2) is 0 Å². The molecule has 6 nitrogen and oxygen atoms in total. The number of hydrogen-bond donors (Lipinski definition) is 0. The molecule has 2 rings (SSSR count). The maximum absolute atomic E-state index is 12.1. The first kappa shape index (κ1) is 14.7. The zero-order valence-corrected chi connectivity index (χ0v) is 12.0. The number of rotatable bonds is 5. The highest BCUT2D eigenvalue weighted by Gasteiger charge is 2.34. The van der Waals surface area contributed by atoms with E-state index in [1.807, 2.05) is 0 Å². The van der Waals surface area contributed by atoms with Crippen LogP contribution in [-0.4, -0.2) is 44.0 Å². The number of fused-ring (bicyclic) bond motifs is 1. The molecule has 7 heteroatoms. The summed E-state index contributed by atoms with van der Waals surface area (Å²) in [6.45, 7) is 1.71. The van der Waals surface area contributed by atoms with E-state index in [4.69, 9.17) is 4.18 Å². The van der Waals surface area contributed by atoms with Gasteiger partial charge in [-0.05, 0) is 25.5 Å². The number of amides is 2. The van der Waals surface area contributed by atoms with Gasteiger partial charge in [0, 0.05) is 6.54 Å². The molecule has 2 amide bonds. The molecule has 108 valence electrons. The van der Waals surface area contributed by atoms with Gasteiger partial charge in [0.25, 0.3) is 21.9 Å². The first-order valence-corrected chi connectivity index (χ1v) is 7.95. The van der Waals surface area contributed by atoms with Crippen LogP contribution in [0, 0.1) is 0 Å². The molecule has 0 aliphatic carbocycles. The molecule has 1 atom stereocenters. The number of nitrogens with zero attached hydrogens (tertiary/aromatic N) is 1. The third kappa shape index (κ3) is 3.05. The minimum Gasteiger partial charge on any atom is -0.274 e. The van der Waals surface area contributed by atoms with Crippen molar-refractivity contribution in [3.8, 4) is 0 Å². The van der Waals surface area contributed by atoms with Crippen LogP contribution in [0.2, 0.25) is 0 Å². The van der Waals surface area contributed by atoms with Crippen LogP contribution in [0.15, 0.2) is 24.3 Å². The van der Waals surface area contributed by atoms with Crippen LogP contribution in [0.4, 0.5) is 0 Å². The first-order chi connectivity index (χ1) is 9.29. The predicted molar refractivity (Wildman–Crippen MR) is 71.8 cm³/mol. The molecule has 1 aromatic rings. The van der Waals surface area contributed by atoms with Crippen LogP contribution in [-0.2, 0) is 14.3 Å². The first-order valence-electron chi connectivity index (χ1n) is 6.13. The van der Waals surface area contributed by atoms with Gasteiger partial charge in [0.1, 0.15) is 0 Å². The van der Waals surface area contributed by atoms with Crippen molar-refractivity contribution in [3.05, 3.63) is 35.4 Å². The molecule has 0 saturated carbocycles. The lowest BCUT2D eigenvalue weighted by Gasteiger charge is -2.16. The van der Waals surface area contributed by atoms with Crippen LogP contribution in [0.5, 0.6) is 0 Å². The number of carbonyl (C=O) groups is 2. The molecule has 1 aliphatic heterocycles. The molecule has 0 saturated heterocycles. The summed E-state index contributed by atoms with van der Waals surface area (Å²) in [7, 11) is -3.54. The number of carbonyl (C=O) groups excluding carboxylic acids is 2. The Balaban J connectivity index is 2.03.